The molecule has 4 nitrogen and oxygen atoms in total. The molecule has 1 aliphatic heterocycles. The number of carbonyl (C=O) groups excluding carboxylic acids is 1. The molecular weight excluding hydrogens is 328 g/mol. The molecule has 0 saturated carbocycles. The third kappa shape index (κ3) is 5.32. The molecule has 4 heteroatoms. The second kappa shape index (κ2) is 8.35. The lowest BCUT2D eigenvalue weighted by atomic mass is 9.87. The number of ketones is 1. The van der Waals surface area contributed by atoms with Crippen molar-refractivity contribution in [1.82, 2.24) is 0 Å². The van der Waals surface area contributed by atoms with Crippen LogP contribution in [-0.4, -0.2) is 22.5 Å². The van der Waals surface area contributed by atoms with Crippen molar-refractivity contribution < 1.29 is 19.4 Å². The van der Waals surface area contributed by atoms with Crippen LogP contribution < -0.4 is 4.74 Å². The number of carboxylic acid groups (broad SMARTS) is 1. The van der Waals surface area contributed by atoms with Gasteiger partial charge in [0.15, 0.2) is 5.78 Å². The summed E-state index contributed by atoms with van der Waals surface area (Å²) in [5.74, 6) is -0.609. The summed E-state index contributed by atoms with van der Waals surface area (Å²) in [4.78, 5) is 23.6. The highest BCUT2D eigenvalue weighted by Crippen LogP contribution is 2.36. The molecule has 0 aromatic heterocycles. The molecule has 0 saturated heterocycles. The highest BCUT2D eigenvalue weighted by atomic mass is 16.5. The molecule has 1 unspecified atom stereocenters. The first kappa shape index (κ1) is 20.0. The Balaban J connectivity index is 2.00. The average molecular weight is 356 g/mol. The Kier molecular flexibility index (Phi) is 6.41. The Morgan fingerprint density at radius 3 is 2.62 bits per heavy atom. The van der Waals surface area contributed by atoms with Gasteiger partial charge in [-0.25, -0.2) is 4.79 Å². The Morgan fingerprint density at radius 2 is 1.96 bits per heavy atom. The Labute approximate surface area is 155 Å². The average Bonchev–Trinajstić information content (AvgIpc) is 2.53. The quantitative estimate of drug-likeness (QED) is 0.648. The van der Waals surface area contributed by atoms with Gasteiger partial charge in [0.25, 0.3) is 0 Å². The summed E-state index contributed by atoms with van der Waals surface area (Å²) in [7, 11) is 0. The Bertz CT molecular complexity index is 753. The second-order valence-electron chi connectivity index (χ2n) is 7.58. The maximum atomic E-state index is 12.5. The summed E-state index contributed by atoms with van der Waals surface area (Å²) in [6.07, 6.45) is 8.43. The normalized spacial score (nSPS) is 19.5. The number of benzene rings is 1. The van der Waals surface area contributed by atoms with Gasteiger partial charge in [-0.1, -0.05) is 23.3 Å². The molecule has 1 N–H and O–H groups in total. The SMILES string of the molecule is CC(C)=CCCC(C)=CCCC1(C)CC(=O)c2cc(C(=O)O)ccc2O1. The van der Waals surface area contributed by atoms with Gasteiger partial charge < -0.3 is 9.84 Å². The molecule has 0 radical (unpaired) electrons. The van der Waals surface area contributed by atoms with Gasteiger partial charge in [0.1, 0.15) is 11.4 Å². The van der Waals surface area contributed by atoms with Crippen LogP contribution in [0.15, 0.2) is 41.5 Å². The summed E-state index contributed by atoms with van der Waals surface area (Å²) in [6, 6.07) is 4.48. The lowest BCUT2D eigenvalue weighted by Gasteiger charge is -2.35. The lowest BCUT2D eigenvalue weighted by molar-refractivity contribution is 0.0475. The number of carbonyl (C=O) groups is 2. The monoisotopic (exact) mass is 356 g/mol. The van der Waals surface area contributed by atoms with E-state index in [1.54, 1.807) is 6.07 Å². The van der Waals surface area contributed by atoms with Crippen molar-refractivity contribution in [2.24, 2.45) is 0 Å². The number of ether oxygens (including phenoxy) is 1. The largest absolute Gasteiger partial charge is 0.486 e. The third-order valence-corrected chi connectivity index (χ3v) is 4.68. The number of rotatable bonds is 7. The van der Waals surface area contributed by atoms with Gasteiger partial charge >= 0.3 is 5.97 Å². The topological polar surface area (TPSA) is 63.6 Å². The summed E-state index contributed by atoms with van der Waals surface area (Å²) >= 11 is 0. The fraction of sp³-hybridized carbons (Fsp3) is 0.455. The molecule has 26 heavy (non-hydrogen) atoms. The lowest BCUT2D eigenvalue weighted by Crippen LogP contribution is -2.39. The second-order valence-corrected chi connectivity index (χ2v) is 7.58. The van der Waals surface area contributed by atoms with E-state index in [0.29, 0.717) is 11.3 Å². The van der Waals surface area contributed by atoms with Gasteiger partial charge in [-0.05, 0) is 71.6 Å². The fourth-order valence-corrected chi connectivity index (χ4v) is 3.16. The van der Waals surface area contributed by atoms with Crippen LogP contribution in [0.3, 0.4) is 0 Å². The van der Waals surface area contributed by atoms with E-state index >= 15 is 0 Å². The Morgan fingerprint density at radius 1 is 1.23 bits per heavy atom. The molecule has 2 rings (SSSR count). The molecule has 0 bridgehead atoms. The van der Waals surface area contributed by atoms with Crippen LogP contribution in [0.4, 0.5) is 0 Å². The van der Waals surface area contributed by atoms with E-state index in [4.69, 9.17) is 9.84 Å². The van der Waals surface area contributed by atoms with Crippen LogP contribution in [0.25, 0.3) is 0 Å². The van der Waals surface area contributed by atoms with E-state index in [2.05, 4.69) is 32.9 Å². The van der Waals surface area contributed by atoms with Gasteiger partial charge in [0, 0.05) is 0 Å². The van der Waals surface area contributed by atoms with Crippen molar-refractivity contribution >= 4 is 11.8 Å². The van der Waals surface area contributed by atoms with Crippen LogP contribution >= 0.6 is 0 Å². The van der Waals surface area contributed by atoms with Gasteiger partial charge in [0.05, 0.1) is 17.5 Å². The minimum atomic E-state index is -1.04. The standard InChI is InChI=1S/C22H28O4/c1-15(2)7-5-8-16(3)9-6-12-22(4)14-19(23)18-13-17(21(24)25)10-11-20(18)26-22/h7,9-11,13H,5-6,8,12,14H2,1-4H3,(H,24,25). The molecule has 140 valence electrons. The van der Waals surface area contributed by atoms with E-state index in [9.17, 15) is 9.59 Å². The van der Waals surface area contributed by atoms with Crippen molar-refractivity contribution in [3.63, 3.8) is 0 Å². The van der Waals surface area contributed by atoms with E-state index in [-0.39, 0.29) is 17.8 Å². The molecule has 0 fully saturated rings. The zero-order valence-corrected chi connectivity index (χ0v) is 16.1. The molecule has 1 aromatic carbocycles. The van der Waals surface area contributed by atoms with E-state index in [1.807, 2.05) is 6.92 Å². The number of fused-ring (bicyclic) bond motifs is 1. The first-order valence-corrected chi connectivity index (χ1v) is 9.09. The van der Waals surface area contributed by atoms with Gasteiger partial charge in [0.2, 0.25) is 0 Å². The summed E-state index contributed by atoms with van der Waals surface area (Å²) in [5, 5.41) is 9.07. The number of carboxylic acids is 1. The maximum Gasteiger partial charge on any atom is 0.335 e. The van der Waals surface area contributed by atoms with Gasteiger partial charge in [-0.2, -0.15) is 0 Å². The third-order valence-electron chi connectivity index (χ3n) is 4.68. The highest BCUT2D eigenvalue weighted by molar-refractivity contribution is 6.02. The minimum absolute atomic E-state index is 0.0545. The number of allylic oxidation sites excluding steroid dienone is 4. The van der Waals surface area contributed by atoms with E-state index in [1.165, 1.54) is 23.3 Å². The molecule has 0 aliphatic carbocycles. The summed E-state index contributed by atoms with van der Waals surface area (Å²) in [6.45, 7) is 8.30. The number of Topliss-reactive ketones (excluding diaryl/α,β-unsaturated/α-hetero) is 1. The number of hydrogen-bond acceptors (Lipinski definition) is 3. The first-order chi connectivity index (χ1) is 12.2. The highest BCUT2D eigenvalue weighted by Gasteiger charge is 2.36. The molecule has 0 amide bonds. The minimum Gasteiger partial charge on any atom is -0.486 e. The van der Waals surface area contributed by atoms with Crippen LogP contribution in [0.1, 0.15) is 80.5 Å². The predicted molar refractivity (Wildman–Crippen MR) is 103 cm³/mol. The smallest absolute Gasteiger partial charge is 0.335 e. The molecule has 1 heterocycles. The summed E-state index contributed by atoms with van der Waals surface area (Å²) in [5.41, 5.74) is 2.62. The van der Waals surface area contributed by atoms with Crippen LogP contribution in [0.2, 0.25) is 0 Å². The molecule has 1 aromatic rings. The van der Waals surface area contributed by atoms with E-state index in [0.717, 1.165) is 25.7 Å². The molecule has 0 spiro atoms. The summed E-state index contributed by atoms with van der Waals surface area (Å²) < 4.78 is 6.07. The van der Waals surface area contributed by atoms with Crippen molar-refractivity contribution in [1.29, 1.82) is 0 Å². The molecule has 1 aliphatic rings. The maximum absolute atomic E-state index is 12.5. The molecule has 1 atom stereocenters. The van der Waals surface area contributed by atoms with Crippen molar-refractivity contribution in [2.45, 2.75) is 65.4 Å². The van der Waals surface area contributed by atoms with Gasteiger partial charge in [-0.3, -0.25) is 4.79 Å². The predicted octanol–water partition coefficient (Wildman–Crippen LogP) is 5.58. The van der Waals surface area contributed by atoms with Crippen molar-refractivity contribution in [3.8, 4) is 5.75 Å². The van der Waals surface area contributed by atoms with E-state index < -0.39 is 11.6 Å². The zero-order valence-electron chi connectivity index (χ0n) is 16.1. The molecular formula is C22H28O4. The van der Waals surface area contributed by atoms with Crippen molar-refractivity contribution in [2.75, 3.05) is 0 Å². The fourth-order valence-electron chi connectivity index (χ4n) is 3.16. The first-order valence-electron chi connectivity index (χ1n) is 9.09. The van der Waals surface area contributed by atoms with Crippen LogP contribution in [0, 0.1) is 0 Å². The van der Waals surface area contributed by atoms with Gasteiger partial charge in [-0.15, -0.1) is 0 Å². The zero-order chi connectivity index (χ0) is 19.3. The number of aromatic carboxylic acids is 1. The Hall–Kier alpha value is -2.36. The van der Waals surface area contributed by atoms with Crippen molar-refractivity contribution in [3.05, 3.63) is 52.6 Å². The van der Waals surface area contributed by atoms with Crippen LogP contribution in [-0.2, 0) is 0 Å². The number of hydrogen-bond donors (Lipinski definition) is 1. The van der Waals surface area contributed by atoms with Crippen LogP contribution in [0.5, 0.6) is 5.75 Å².